The number of nitrogens with zero attached hydrogens (tertiary/aromatic N) is 2. The lowest BCUT2D eigenvalue weighted by Gasteiger charge is -2.32. The Bertz CT molecular complexity index is 893. The van der Waals surface area contributed by atoms with Crippen LogP contribution >= 0.6 is 23.2 Å². The molecule has 2 saturated heterocycles. The number of rotatable bonds is 5. The molecule has 2 unspecified atom stereocenters. The molecule has 0 spiro atoms. The molecule has 2 fully saturated rings. The van der Waals surface area contributed by atoms with Crippen LogP contribution in [-0.2, 0) is 24.7 Å². The zero-order valence-corrected chi connectivity index (χ0v) is 18.3. The number of halogens is 2. The van der Waals surface area contributed by atoms with Crippen molar-refractivity contribution in [3.63, 3.8) is 0 Å². The molecule has 30 heavy (non-hydrogen) atoms. The van der Waals surface area contributed by atoms with Crippen molar-refractivity contribution in [2.75, 3.05) is 26.2 Å². The molecule has 0 aromatic heterocycles. The number of ether oxygens (including phenoxy) is 1. The third-order valence-corrected chi connectivity index (χ3v) is 5.98. The number of hydrogen-bond acceptors (Lipinski definition) is 5. The Morgan fingerprint density at radius 2 is 2.03 bits per heavy atom. The lowest BCUT2D eigenvalue weighted by Crippen LogP contribution is -2.48. The molecule has 0 radical (unpaired) electrons. The summed E-state index contributed by atoms with van der Waals surface area (Å²) in [5.41, 5.74) is -1.02. The average molecular weight is 456 g/mol. The molecule has 4 amide bonds. The van der Waals surface area contributed by atoms with Gasteiger partial charge in [-0.3, -0.25) is 19.3 Å². The number of imide groups is 1. The highest BCUT2D eigenvalue weighted by Gasteiger charge is 2.50. The van der Waals surface area contributed by atoms with Crippen LogP contribution in [-0.4, -0.2) is 59.9 Å². The molecular weight excluding hydrogens is 433 g/mol. The molecule has 8 nitrogen and oxygen atoms in total. The van der Waals surface area contributed by atoms with Crippen LogP contribution in [0.5, 0.6) is 0 Å². The number of carbonyl (C=O) groups excluding carboxylic acids is 4. The van der Waals surface area contributed by atoms with E-state index in [1.54, 1.807) is 19.1 Å². The number of benzene rings is 1. The Balaban J connectivity index is 1.72. The standard InChI is InChI=1S/C20H23Cl2N3O5/c1-3-30-17(27)12-5-4-8-24(10-12)16(26)11-25-18(28)20(2,23-19(25)29)14-7-6-13(21)9-15(14)22/h6-7,9,12H,3-5,8,10-11H2,1-2H3,(H,23,29). The Morgan fingerprint density at radius 3 is 2.70 bits per heavy atom. The van der Waals surface area contributed by atoms with Crippen molar-refractivity contribution in [3.8, 4) is 0 Å². The van der Waals surface area contributed by atoms with Gasteiger partial charge in [-0.25, -0.2) is 4.79 Å². The topological polar surface area (TPSA) is 96.0 Å². The van der Waals surface area contributed by atoms with Gasteiger partial charge in [0.15, 0.2) is 0 Å². The summed E-state index contributed by atoms with van der Waals surface area (Å²) in [6.07, 6.45) is 1.28. The van der Waals surface area contributed by atoms with Crippen LogP contribution in [0.15, 0.2) is 18.2 Å². The number of carbonyl (C=O) groups is 4. The van der Waals surface area contributed by atoms with Gasteiger partial charge < -0.3 is 15.0 Å². The molecule has 2 aliphatic rings. The summed E-state index contributed by atoms with van der Waals surface area (Å²) < 4.78 is 5.05. The molecule has 1 aromatic rings. The van der Waals surface area contributed by atoms with Crippen LogP contribution in [0.2, 0.25) is 10.0 Å². The van der Waals surface area contributed by atoms with Gasteiger partial charge in [-0.1, -0.05) is 29.3 Å². The van der Waals surface area contributed by atoms with Crippen LogP contribution in [0.3, 0.4) is 0 Å². The summed E-state index contributed by atoms with van der Waals surface area (Å²) in [6, 6.07) is 3.95. The quantitative estimate of drug-likeness (QED) is 0.543. The van der Waals surface area contributed by atoms with Gasteiger partial charge in [0.2, 0.25) is 5.91 Å². The fourth-order valence-electron chi connectivity index (χ4n) is 3.81. The highest BCUT2D eigenvalue weighted by Crippen LogP contribution is 2.35. The van der Waals surface area contributed by atoms with Crippen molar-refractivity contribution >= 4 is 47.0 Å². The maximum absolute atomic E-state index is 13.1. The summed E-state index contributed by atoms with van der Waals surface area (Å²) in [5.74, 6) is -1.72. The summed E-state index contributed by atoms with van der Waals surface area (Å²) >= 11 is 12.2. The van der Waals surface area contributed by atoms with Gasteiger partial charge in [0.1, 0.15) is 12.1 Å². The minimum atomic E-state index is -1.41. The predicted molar refractivity (Wildman–Crippen MR) is 110 cm³/mol. The van der Waals surface area contributed by atoms with Crippen molar-refractivity contribution in [3.05, 3.63) is 33.8 Å². The molecule has 0 aliphatic carbocycles. The van der Waals surface area contributed by atoms with Gasteiger partial charge in [-0.05, 0) is 38.8 Å². The molecule has 3 rings (SSSR count). The monoisotopic (exact) mass is 455 g/mol. The van der Waals surface area contributed by atoms with E-state index in [0.717, 1.165) is 4.90 Å². The minimum Gasteiger partial charge on any atom is -0.466 e. The van der Waals surface area contributed by atoms with Crippen LogP contribution in [0, 0.1) is 5.92 Å². The first-order chi connectivity index (χ1) is 14.2. The number of nitrogens with one attached hydrogen (secondary N) is 1. The first kappa shape index (κ1) is 22.4. The van der Waals surface area contributed by atoms with Gasteiger partial charge in [-0.2, -0.15) is 0 Å². The second-order valence-corrected chi connectivity index (χ2v) is 8.35. The zero-order valence-electron chi connectivity index (χ0n) is 16.7. The van der Waals surface area contributed by atoms with E-state index in [4.69, 9.17) is 27.9 Å². The van der Waals surface area contributed by atoms with E-state index in [1.165, 1.54) is 17.9 Å². The maximum atomic E-state index is 13.1. The van der Waals surface area contributed by atoms with E-state index in [-0.39, 0.29) is 24.1 Å². The highest BCUT2D eigenvalue weighted by atomic mass is 35.5. The molecule has 0 bridgehead atoms. The molecule has 0 saturated carbocycles. The lowest BCUT2D eigenvalue weighted by atomic mass is 9.92. The highest BCUT2D eigenvalue weighted by molar-refractivity contribution is 6.35. The van der Waals surface area contributed by atoms with Crippen molar-refractivity contribution < 1.29 is 23.9 Å². The number of piperidine rings is 1. The SMILES string of the molecule is CCOC(=O)C1CCCN(C(=O)CN2C(=O)NC(C)(c3ccc(Cl)cc3Cl)C2=O)C1. The lowest BCUT2D eigenvalue weighted by molar-refractivity contribution is -0.152. The summed E-state index contributed by atoms with van der Waals surface area (Å²) in [7, 11) is 0. The number of esters is 1. The van der Waals surface area contributed by atoms with Crippen LogP contribution in [0.25, 0.3) is 0 Å². The average Bonchev–Trinajstić information content (AvgIpc) is 2.91. The molecule has 2 atom stereocenters. The first-order valence-electron chi connectivity index (χ1n) is 9.71. The van der Waals surface area contributed by atoms with Gasteiger partial charge in [0, 0.05) is 28.7 Å². The smallest absolute Gasteiger partial charge is 0.325 e. The van der Waals surface area contributed by atoms with Crippen molar-refractivity contribution in [1.82, 2.24) is 15.1 Å². The Hall–Kier alpha value is -2.32. The first-order valence-corrected chi connectivity index (χ1v) is 10.5. The number of urea groups is 1. The molecule has 1 aromatic carbocycles. The second kappa shape index (κ2) is 8.81. The Kier molecular flexibility index (Phi) is 6.57. The predicted octanol–water partition coefficient (Wildman–Crippen LogP) is 2.56. The van der Waals surface area contributed by atoms with Crippen molar-refractivity contribution in [1.29, 1.82) is 0 Å². The van der Waals surface area contributed by atoms with Gasteiger partial charge in [-0.15, -0.1) is 0 Å². The van der Waals surface area contributed by atoms with E-state index >= 15 is 0 Å². The third-order valence-electron chi connectivity index (χ3n) is 5.43. The van der Waals surface area contributed by atoms with Crippen LogP contribution in [0.1, 0.15) is 32.3 Å². The van der Waals surface area contributed by atoms with Crippen LogP contribution < -0.4 is 5.32 Å². The Morgan fingerprint density at radius 1 is 1.30 bits per heavy atom. The molecular formula is C20H23Cl2N3O5. The fourth-order valence-corrected chi connectivity index (χ4v) is 4.41. The summed E-state index contributed by atoms with van der Waals surface area (Å²) in [5, 5.41) is 3.26. The third kappa shape index (κ3) is 4.25. The number of amides is 4. The van der Waals surface area contributed by atoms with E-state index < -0.39 is 35.8 Å². The van der Waals surface area contributed by atoms with E-state index in [1.807, 2.05) is 0 Å². The van der Waals surface area contributed by atoms with E-state index in [2.05, 4.69) is 5.32 Å². The van der Waals surface area contributed by atoms with Crippen molar-refractivity contribution in [2.24, 2.45) is 5.92 Å². The molecule has 162 valence electrons. The summed E-state index contributed by atoms with van der Waals surface area (Å²) in [4.78, 5) is 52.7. The van der Waals surface area contributed by atoms with Crippen molar-refractivity contribution in [2.45, 2.75) is 32.2 Å². The maximum Gasteiger partial charge on any atom is 0.325 e. The summed E-state index contributed by atoms with van der Waals surface area (Å²) in [6.45, 7) is 3.79. The number of hydrogen-bond donors (Lipinski definition) is 1. The molecule has 10 heteroatoms. The van der Waals surface area contributed by atoms with Gasteiger partial charge >= 0.3 is 12.0 Å². The molecule has 2 aliphatic heterocycles. The van der Waals surface area contributed by atoms with Gasteiger partial charge in [0.25, 0.3) is 5.91 Å². The Labute approximate surface area is 184 Å². The normalized spacial score (nSPS) is 24.1. The molecule has 2 heterocycles. The second-order valence-electron chi connectivity index (χ2n) is 7.50. The minimum absolute atomic E-state index is 0.210. The van der Waals surface area contributed by atoms with Crippen LogP contribution in [0.4, 0.5) is 4.79 Å². The number of likely N-dealkylation sites (tertiary alicyclic amines) is 1. The zero-order chi connectivity index (χ0) is 22.1. The van der Waals surface area contributed by atoms with Gasteiger partial charge in [0.05, 0.1) is 12.5 Å². The largest absolute Gasteiger partial charge is 0.466 e. The van der Waals surface area contributed by atoms with E-state index in [9.17, 15) is 19.2 Å². The fraction of sp³-hybridized carbons (Fsp3) is 0.500. The van der Waals surface area contributed by atoms with E-state index in [0.29, 0.717) is 30.0 Å². The molecule has 1 N–H and O–H groups in total.